The Kier molecular flexibility index (Phi) is 5.90. The van der Waals surface area contributed by atoms with E-state index in [0.29, 0.717) is 25.2 Å². The van der Waals surface area contributed by atoms with Crippen LogP contribution in [0.25, 0.3) is 0 Å². The van der Waals surface area contributed by atoms with E-state index in [9.17, 15) is 4.79 Å². The number of halogens is 1. The topological polar surface area (TPSA) is 54.0 Å². The van der Waals surface area contributed by atoms with Crippen molar-refractivity contribution in [3.05, 3.63) is 63.9 Å². The summed E-state index contributed by atoms with van der Waals surface area (Å²) in [5.74, 6) is -0.0430. The molecule has 0 atom stereocenters. The fourth-order valence-electron chi connectivity index (χ4n) is 1.80. The van der Waals surface area contributed by atoms with Crippen molar-refractivity contribution in [3.8, 4) is 0 Å². The van der Waals surface area contributed by atoms with E-state index in [4.69, 9.17) is 0 Å². The highest BCUT2D eigenvalue weighted by Crippen LogP contribution is 2.07. The van der Waals surface area contributed by atoms with Crippen molar-refractivity contribution in [3.63, 3.8) is 0 Å². The van der Waals surface area contributed by atoms with Gasteiger partial charge in [-0.2, -0.15) is 0 Å². The Balaban J connectivity index is 1.66. The molecule has 0 aliphatic carbocycles. The van der Waals surface area contributed by atoms with E-state index in [0.717, 1.165) is 15.7 Å². The first-order valence-corrected chi connectivity index (χ1v) is 7.60. The third kappa shape index (κ3) is 5.28. The summed E-state index contributed by atoms with van der Waals surface area (Å²) in [7, 11) is 0. The second-order valence-electron chi connectivity index (χ2n) is 4.77. The predicted octanol–water partition coefficient (Wildman–Crippen LogP) is 2.67. The van der Waals surface area contributed by atoms with Gasteiger partial charge in [-0.1, -0.05) is 17.7 Å². The van der Waals surface area contributed by atoms with Crippen molar-refractivity contribution in [2.45, 2.75) is 13.5 Å². The second kappa shape index (κ2) is 7.90. The minimum atomic E-state index is -0.0430. The SMILES string of the molecule is Cc1ccc(C(=O)NCCNCc2ccc(Br)cn2)cc1. The molecule has 0 aliphatic rings. The van der Waals surface area contributed by atoms with Gasteiger partial charge < -0.3 is 10.6 Å². The maximum Gasteiger partial charge on any atom is 0.251 e. The fourth-order valence-corrected chi connectivity index (χ4v) is 2.03. The zero-order chi connectivity index (χ0) is 15.1. The molecular formula is C16H18BrN3O. The molecule has 0 spiro atoms. The molecule has 21 heavy (non-hydrogen) atoms. The van der Waals surface area contributed by atoms with Gasteiger partial charge in [-0.3, -0.25) is 9.78 Å². The zero-order valence-electron chi connectivity index (χ0n) is 11.9. The standard InChI is InChI=1S/C16H18BrN3O/c1-12-2-4-13(5-3-12)16(21)19-9-8-18-11-15-7-6-14(17)10-20-15/h2-7,10,18H,8-9,11H2,1H3,(H,19,21). The van der Waals surface area contributed by atoms with Gasteiger partial charge in [-0.25, -0.2) is 0 Å². The molecule has 0 aliphatic heterocycles. The van der Waals surface area contributed by atoms with Crippen molar-refractivity contribution in [1.82, 2.24) is 15.6 Å². The van der Waals surface area contributed by atoms with Crippen LogP contribution in [-0.4, -0.2) is 24.0 Å². The first-order chi connectivity index (χ1) is 10.1. The fraction of sp³-hybridized carbons (Fsp3) is 0.250. The molecule has 4 nitrogen and oxygen atoms in total. The Labute approximate surface area is 133 Å². The van der Waals surface area contributed by atoms with E-state index in [1.54, 1.807) is 6.20 Å². The average Bonchev–Trinajstić information content (AvgIpc) is 2.49. The van der Waals surface area contributed by atoms with Crippen LogP contribution in [0.15, 0.2) is 47.1 Å². The van der Waals surface area contributed by atoms with E-state index >= 15 is 0 Å². The van der Waals surface area contributed by atoms with E-state index in [1.165, 1.54) is 0 Å². The number of carbonyl (C=O) groups excluding carboxylic acids is 1. The number of hydrogen-bond donors (Lipinski definition) is 2. The van der Waals surface area contributed by atoms with Gasteiger partial charge in [0, 0.05) is 35.9 Å². The summed E-state index contributed by atoms with van der Waals surface area (Å²) in [5, 5.41) is 6.13. The molecule has 2 N–H and O–H groups in total. The van der Waals surface area contributed by atoms with Crippen LogP contribution in [0.3, 0.4) is 0 Å². The number of aromatic nitrogens is 1. The zero-order valence-corrected chi connectivity index (χ0v) is 13.5. The summed E-state index contributed by atoms with van der Waals surface area (Å²) < 4.78 is 0.969. The Bertz CT molecular complexity index is 581. The average molecular weight is 348 g/mol. The van der Waals surface area contributed by atoms with Crippen LogP contribution in [-0.2, 0) is 6.54 Å². The maximum absolute atomic E-state index is 11.9. The molecule has 1 heterocycles. The smallest absolute Gasteiger partial charge is 0.251 e. The molecule has 0 saturated carbocycles. The van der Waals surface area contributed by atoms with Crippen molar-refractivity contribution >= 4 is 21.8 Å². The summed E-state index contributed by atoms with van der Waals surface area (Å²) in [6.45, 7) is 3.98. The quantitative estimate of drug-likeness (QED) is 0.790. The summed E-state index contributed by atoms with van der Waals surface area (Å²) in [5.41, 5.74) is 2.81. The number of carbonyl (C=O) groups is 1. The molecule has 0 fully saturated rings. The summed E-state index contributed by atoms with van der Waals surface area (Å²) in [4.78, 5) is 16.1. The van der Waals surface area contributed by atoms with Gasteiger partial charge in [-0.15, -0.1) is 0 Å². The number of benzene rings is 1. The first kappa shape index (κ1) is 15.7. The van der Waals surface area contributed by atoms with Crippen LogP contribution in [0.2, 0.25) is 0 Å². The van der Waals surface area contributed by atoms with Crippen molar-refractivity contribution < 1.29 is 4.79 Å². The number of nitrogens with one attached hydrogen (secondary N) is 2. The molecule has 110 valence electrons. The Morgan fingerprint density at radius 2 is 1.90 bits per heavy atom. The lowest BCUT2D eigenvalue weighted by Crippen LogP contribution is -2.31. The minimum absolute atomic E-state index is 0.0430. The van der Waals surface area contributed by atoms with E-state index in [1.807, 2.05) is 43.3 Å². The van der Waals surface area contributed by atoms with Gasteiger partial charge in [0.2, 0.25) is 0 Å². The van der Waals surface area contributed by atoms with Crippen molar-refractivity contribution in [2.75, 3.05) is 13.1 Å². The van der Waals surface area contributed by atoms with Crippen LogP contribution in [0.5, 0.6) is 0 Å². The molecule has 1 amide bonds. The van der Waals surface area contributed by atoms with Crippen molar-refractivity contribution in [1.29, 1.82) is 0 Å². The summed E-state index contributed by atoms with van der Waals surface area (Å²) >= 11 is 3.35. The first-order valence-electron chi connectivity index (χ1n) is 6.81. The second-order valence-corrected chi connectivity index (χ2v) is 5.68. The number of pyridine rings is 1. The maximum atomic E-state index is 11.9. The Hall–Kier alpha value is -1.72. The van der Waals surface area contributed by atoms with E-state index in [2.05, 4.69) is 31.5 Å². The lowest BCUT2D eigenvalue weighted by Gasteiger charge is -2.07. The van der Waals surface area contributed by atoms with Gasteiger partial charge in [0.25, 0.3) is 5.91 Å². The van der Waals surface area contributed by atoms with E-state index < -0.39 is 0 Å². The molecule has 0 saturated heterocycles. The van der Waals surface area contributed by atoms with Crippen LogP contribution >= 0.6 is 15.9 Å². The van der Waals surface area contributed by atoms with Gasteiger partial charge >= 0.3 is 0 Å². The third-order valence-corrected chi connectivity index (χ3v) is 3.46. The predicted molar refractivity (Wildman–Crippen MR) is 87.2 cm³/mol. The number of amides is 1. The van der Waals surface area contributed by atoms with Crippen LogP contribution in [0.1, 0.15) is 21.6 Å². The lowest BCUT2D eigenvalue weighted by molar-refractivity contribution is 0.0954. The highest BCUT2D eigenvalue weighted by atomic mass is 79.9. The summed E-state index contributed by atoms with van der Waals surface area (Å²) in [6.07, 6.45) is 1.77. The van der Waals surface area contributed by atoms with E-state index in [-0.39, 0.29) is 5.91 Å². The van der Waals surface area contributed by atoms with Gasteiger partial charge in [0.1, 0.15) is 0 Å². The molecule has 2 aromatic rings. The number of aryl methyl sites for hydroxylation is 1. The molecule has 1 aromatic heterocycles. The van der Waals surface area contributed by atoms with Gasteiger partial charge in [-0.05, 0) is 47.1 Å². The highest BCUT2D eigenvalue weighted by molar-refractivity contribution is 9.10. The summed E-state index contributed by atoms with van der Waals surface area (Å²) in [6, 6.07) is 11.5. The molecule has 2 rings (SSSR count). The Morgan fingerprint density at radius 1 is 1.14 bits per heavy atom. The molecule has 5 heteroatoms. The van der Waals surface area contributed by atoms with Gasteiger partial charge in [0.05, 0.1) is 5.69 Å². The molecule has 0 unspecified atom stereocenters. The van der Waals surface area contributed by atoms with Crippen LogP contribution in [0, 0.1) is 6.92 Å². The van der Waals surface area contributed by atoms with Crippen molar-refractivity contribution in [2.24, 2.45) is 0 Å². The molecule has 0 radical (unpaired) electrons. The highest BCUT2D eigenvalue weighted by Gasteiger charge is 2.03. The molecular weight excluding hydrogens is 330 g/mol. The molecule has 0 bridgehead atoms. The lowest BCUT2D eigenvalue weighted by atomic mass is 10.1. The Morgan fingerprint density at radius 3 is 2.57 bits per heavy atom. The van der Waals surface area contributed by atoms with Gasteiger partial charge in [0.15, 0.2) is 0 Å². The third-order valence-electron chi connectivity index (χ3n) is 3.00. The molecule has 1 aromatic carbocycles. The van der Waals surface area contributed by atoms with Crippen LogP contribution in [0.4, 0.5) is 0 Å². The largest absolute Gasteiger partial charge is 0.351 e. The number of hydrogen-bond acceptors (Lipinski definition) is 3. The number of rotatable bonds is 6. The van der Waals surface area contributed by atoms with Crippen LogP contribution < -0.4 is 10.6 Å². The minimum Gasteiger partial charge on any atom is -0.351 e. The monoisotopic (exact) mass is 347 g/mol. The normalized spacial score (nSPS) is 10.4. The number of nitrogens with zero attached hydrogens (tertiary/aromatic N) is 1.